The average molecular weight is 239 g/mol. The summed E-state index contributed by atoms with van der Waals surface area (Å²) < 4.78 is 13.8. The summed E-state index contributed by atoms with van der Waals surface area (Å²) in [6.45, 7) is 5.63. The second-order valence-electron chi connectivity index (χ2n) is 5.07. The number of halogens is 1. The Morgan fingerprint density at radius 3 is 2.29 bits per heavy atom. The second kappa shape index (κ2) is 4.45. The molecule has 0 fully saturated rings. The van der Waals surface area contributed by atoms with E-state index >= 15 is 0 Å². The van der Waals surface area contributed by atoms with Crippen molar-refractivity contribution < 1.29 is 14.3 Å². The van der Waals surface area contributed by atoms with Gasteiger partial charge in [-0.3, -0.25) is 10.1 Å². The molecule has 6 heteroatoms. The summed E-state index contributed by atoms with van der Waals surface area (Å²) in [7, 11) is 0. The molecule has 0 spiro atoms. The smallest absolute Gasteiger partial charge is 0.327 e. The Balaban J connectivity index is 3.51. The first-order valence-electron chi connectivity index (χ1n) is 5.31. The summed E-state index contributed by atoms with van der Waals surface area (Å²) in [5.41, 5.74) is -0.494. The summed E-state index contributed by atoms with van der Waals surface area (Å²) in [5, 5.41) is 20.3. The molecular formula is C11H15BFNO3. The van der Waals surface area contributed by atoms with Crippen LogP contribution in [0, 0.1) is 15.9 Å². The van der Waals surface area contributed by atoms with E-state index in [1.807, 2.05) is 0 Å². The molecule has 1 aromatic carbocycles. The number of nitro benzene ring substituents is 1. The van der Waals surface area contributed by atoms with E-state index in [-0.39, 0.29) is 16.7 Å². The second-order valence-corrected chi connectivity index (χ2v) is 5.07. The molecule has 0 aliphatic heterocycles. The van der Waals surface area contributed by atoms with Crippen molar-refractivity contribution in [3.05, 3.63) is 33.6 Å². The number of hydrogen-bond acceptors (Lipinski definition) is 3. The fourth-order valence-corrected chi connectivity index (χ4v) is 1.64. The molecule has 0 radical (unpaired) electrons. The van der Waals surface area contributed by atoms with Crippen LogP contribution in [0.1, 0.15) is 26.3 Å². The lowest BCUT2D eigenvalue weighted by Gasteiger charge is -2.20. The summed E-state index contributed by atoms with van der Waals surface area (Å²) in [5.74, 6) is -0.529. The number of nitrogens with zero attached hydrogens (tertiary/aromatic N) is 1. The minimum atomic E-state index is -1.07. The van der Waals surface area contributed by atoms with E-state index in [4.69, 9.17) is 0 Å². The quantitative estimate of drug-likeness (QED) is 0.486. The van der Waals surface area contributed by atoms with Crippen molar-refractivity contribution in [2.75, 3.05) is 0 Å². The molecule has 17 heavy (non-hydrogen) atoms. The normalized spacial score (nSPS) is 11.4. The molecule has 1 aromatic rings. The minimum Gasteiger partial charge on any atom is -0.446 e. The first kappa shape index (κ1) is 13.6. The SMILES string of the molecule is CB(O)c1cc(F)c(C(C)(C)C)cc1[N+](=O)[O-]. The zero-order chi connectivity index (χ0) is 13.4. The van der Waals surface area contributed by atoms with Crippen LogP contribution < -0.4 is 5.46 Å². The van der Waals surface area contributed by atoms with Crippen LogP contribution in [0.25, 0.3) is 0 Å². The van der Waals surface area contributed by atoms with Gasteiger partial charge in [-0.05, 0) is 17.0 Å². The van der Waals surface area contributed by atoms with E-state index in [1.165, 1.54) is 12.9 Å². The summed E-state index contributed by atoms with van der Waals surface area (Å²) in [4.78, 5) is 10.3. The largest absolute Gasteiger partial charge is 0.446 e. The molecular weight excluding hydrogens is 224 g/mol. The lowest BCUT2D eigenvalue weighted by atomic mass is 9.63. The van der Waals surface area contributed by atoms with E-state index in [9.17, 15) is 19.5 Å². The van der Waals surface area contributed by atoms with Crippen LogP contribution in [-0.4, -0.2) is 16.9 Å². The fourth-order valence-electron chi connectivity index (χ4n) is 1.64. The minimum absolute atomic E-state index is 0.000463. The lowest BCUT2D eigenvalue weighted by Crippen LogP contribution is -2.30. The van der Waals surface area contributed by atoms with E-state index in [0.717, 1.165) is 6.07 Å². The molecule has 1 N–H and O–H groups in total. The highest BCUT2D eigenvalue weighted by Gasteiger charge is 2.27. The molecule has 0 aromatic heterocycles. The standard InChI is InChI=1S/C11H15BFNO3/c1-11(2,3)7-5-10(14(16)17)8(12(4)15)6-9(7)13/h5-6,15H,1-4H3. The van der Waals surface area contributed by atoms with Crippen LogP contribution in [0.5, 0.6) is 0 Å². The van der Waals surface area contributed by atoms with Gasteiger partial charge in [0.05, 0.1) is 4.92 Å². The van der Waals surface area contributed by atoms with E-state index in [2.05, 4.69) is 0 Å². The maximum atomic E-state index is 13.8. The molecule has 92 valence electrons. The Labute approximate surface area is 99.7 Å². The van der Waals surface area contributed by atoms with E-state index < -0.39 is 23.1 Å². The van der Waals surface area contributed by atoms with Gasteiger partial charge in [-0.15, -0.1) is 0 Å². The van der Waals surface area contributed by atoms with Gasteiger partial charge in [0.1, 0.15) is 5.82 Å². The third-order valence-corrected chi connectivity index (χ3v) is 2.57. The highest BCUT2D eigenvalue weighted by Crippen LogP contribution is 2.27. The first-order valence-corrected chi connectivity index (χ1v) is 5.31. The molecule has 1 rings (SSSR count). The van der Waals surface area contributed by atoms with Gasteiger partial charge < -0.3 is 5.02 Å². The number of rotatable bonds is 2. The zero-order valence-corrected chi connectivity index (χ0v) is 10.3. The van der Waals surface area contributed by atoms with Crippen molar-refractivity contribution in [1.82, 2.24) is 0 Å². The average Bonchev–Trinajstić information content (AvgIpc) is 2.14. The van der Waals surface area contributed by atoms with Gasteiger partial charge in [-0.1, -0.05) is 27.6 Å². The highest BCUT2D eigenvalue weighted by atomic mass is 19.1. The van der Waals surface area contributed by atoms with Gasteiger partial charge in [0, 0.05) is 11.5 Å². The van der Waals surface area contributed by atoms with Gasteiger partial charge in [-0.25, -0.2) is 4.39 Å². The molecule has 0 saturated carbocycles. The van der Waals surface area contributed by atoms with Crippen LogP contribution in [-0.2, 0) is 5.41 Å². The van der Waals surface area contributed by atoms with Crippen LogP contribution in [0.3, 0.4) is 0 Å². The summed E-state index contributed by atoms with van der Waals surface area (Å²) in [6.07, 6.45) is 0. The Morgan fingerprint density at radius 1 is 1.41 bits per heavy atom. The Hall–Kier alpha value is -1.43. The van der Waals surface area contributed by atoms with Crippen LogP contribution in [0.4, 0.5) is 10.1 Å². The number of benzene rings is 1. The Bertz CT molecular complexity index is 455. The van der Waals surface area contributed by atoms with Crippen molar-refractivity contribution in [3.63, 3.8) is 0 Å². The molecule has 0 bridgehead atoms. The molecule has 0 unspecified atom stereocenters. The predicted octanol–water partition coefficient (Wildman–Crippen LogP) is 1.85. The lowest BCUT2D eigenvalue weighted by molar-refractivity contribution is -0.383. The molecule has 0 heterocycles. The van der Waals surface area contributed by atoms with E-state index in [1.54, 1.807) is 20.8 Å². The monoisotopic (exact) mass is 239 g/mol. The maximum absolute atomic E-state index is 13.8. The summed E-state index contributed by atoms with van der Waals surface area (Å²) >= 11 is 0. The number of hydrogen-bond donors (Lipinski definition) is 1. The van der Waals surface area contributed by atoms with Crippen LogP contribution in [0.15, 0.2) is 12.1 Å². The molecule has 0 atom stereocenters. The molecule has 0 saturated heterocycles. The van der Waals surface area contributed by atoms with Crippen molar-refractivity contribution in [2.24, 2.45) is 0 Å². The highest BCUT2D eigenvalue weighted by molar-refractivity contribution is 6.66. The third kappa shape index (κ3) is 2.82. The van der Waals surface area contributed by atoms with Crippen molar-refractivity contribution >= 4 is 18.1 Å². The Morgan fingerprint density at radius 2 is 1.94 bits per heavy atom. The third-order valence-electron chi connectivity index (χ3n) is 2.57. The van der Waals surface area contributed by atoms with Crippen molar-refractivity contribution in [1.29, 1.82) is 0 Å². The number of nitro groups is 1. The fraction of sp³-hybridized carbons (Fsp3) is 0.455. The molecule has 4 nitrogen and oxygen atoms in total. The first-order chi connectivity index (χ1) is 7.64. The van der Waals surface area contributed by atoms with Crippen LogP contribution >= 0.6 is 0 Å². The zero-order valence-electron chi connectivity index (χ0n) is 10.3. The molecule has 0 aliphatic carbocycles. The molecule has 0 amide bonds. The van der Waals surface area contributed by atoms with E-state index in [0.29, 0.717) is 0 Å². The van der Waals surface area contributed by atoms with Gasteiger partial charge in [0.25, 0.3) is 5.69 Å². The predicted molar refractivity (Wildman–Crippen MR) is 65.2 cm³/mol. The van der Waals surface area contributed by atoms with Gasteiger partial charge in [0.2, 0.25) is 0 Å². The van der Waals surface area contributed by atoms with Crippen molar-refractivity contribution in [2.45, 2.75) is 33.0 Å². The van der Waals surface area contributed by atoms with Gasteiger partial charge >= 0.3 is 6.92 Å². The van der Waals surface area contributed by atoms with Crippen LogP contribution in [0.2, 0.25) is 6.82 Å². The van der Waals surface area contributed by atoms with Gasteiger partial charge in [-0.2, -0.15) is 0 Å². The van der Waals surface area contributed by atoms with Crippen molar-refractivity contribution in [3.8, 4) is 0 Å². The summed E-state index contributed by atoms with van der Waals surface area (Å²) in [6, 6.07) is 2.25. The van der Waals surface area contributed by atoms with Gasteiger partial charge in [0.15, 0.2) is 0 Å². The maximum Gasteiger partial charge on any atom is 0.327 e. The topological polar surface area (TPSA) is 63.4 Å². The Kier molecular flexibility index (Phi) is 3.57. The molecule has 0 aliphatic rings.